The topological polar surface area (TPSA) is 60.4 Å². The van der Waals surface area contributed by atoms with Gasteiger partial charge in [-0.2, -0.15) is 0 Å². The highest BCUT2D eigenvalue weighted by Crippen LogP contribution is 2.08. The zero-order chi connectivity index (χ0) is 9.97. The molecule has 0 radical (unpaired) electrons. The van der Waals surface area contributed by atoms with Crippen LogP contribution in [0.15, 0.2) is 45.8 Å². The molecule has 0 bridgehead atoms. The molecule has 0 atom stereocenters. The predicted molar refractivity (Wildman–Crippen MR) is 46.1 cm³/mol. The summed E-state index contributed by atoms with van der Waals surface area (Å²) in [5.41, 5.74) is 0.228. The zero-order valence-electron chi connectivity index (χ0n) is 7.10. The molecule has 2 aromatic rings. The maximum absolute atomic E-state index is 11.4. The van der Waals surface area contributed by atoms with E-state index in [0.717, 1.165) is 0 Å². The normalized spacial score (nSPS) is 10.0. The fourth-order valence-corrected chi connectivity index (χ4v) is 1.04. The molecule has 2 heterocycles. The maximum Gasteiger partial charge on any atom is 0.268 e. The molecule has 2 rings (SSSR count). The van der Waals surface area contributed by atoms with E-state index in [1.807, 2.05) is 0 Å². The molecule has 4 nitrogen and oxygen atoms in total. The van der Waals surface area contributed by atoms with Gasteiger partial charge in [0.05, 0.1) is 18.1 Å². The molecular weight excluding hydrogens is 184 g/mol. The molecule has 0 N–H and O–H groups in total. The van der Waals surface area contributed by atoms with Gasteiger partial charge in [-0.25, -0.2) is 0 Å². The van der Waals surface area contributed by atoms with E-state index in [0.29, 0.717) is 0 Å². The summed E-state index contributed by atoms with van der Waals surface area (Å²) >= 11 is 0. The Bertz CT molecular complexity index is 392. The molecular formula is C10H6O4. The Labute approximate surface area is 79.1 Å². The van der Waals surface area contributed by atoms with E-state index < -0.39 is 11.6 Å². The average molecular weight is 190 g/mol. The smallest absolute Gasteiger partial charge is 0.268 e. The Kier molecular flexibility index (Phi) is 2.02. The van der Waals surface area contributed by atoms with Gasteiger partial charge in [0.25, 0.3) is 5.78 Å². The number of carbonyl (C=O) groups excluding carboxylic acids is 2. The number of furan rings is 2. The molecule has 0 amide bonds. The molecule has 0 aliphatic heterocycles. The van der Waals surface area contributed by atoms with Crippen molar-refractivity contribution in [1.29, 1.82) is 0 Å². The quantitative estimate of drug-likeness (QED) is 0.548. The Hall–Kier alpha value is -2.10. The third-order valence-corrected chi connectivity index (χ3v) is 1.73. The Morgan fingerprint density at radius 2 is 1.93 bits per heavy atom. The number of carbonyl (C=O) groups is 2. The van der Waals surface area contributed by atoms with Gasteiger partial charge >= 0.3 is 0 Å². The highest BCUT2D eigenvalue weighted by Gasteiger charge is 2.21. The summed E-state index contributed by atoms with van der Waals surface area (Å²) in [6, 6.07) is 4.43. The average Bonchev–Trinajstić information content (AvgIpc) is 2.87. The van der Waals surface area contributed by atoms with Gasteiger partial charge < -0.3 is 8.83 Å². The number of rotatable bonds is 3. The summed E-state index contributed by atoms with van der Waals surface area (Å²) in [7, 11) is 0. The zero-order valence-corrected chi connectivity index (χ0v) is 7.10. The lowest BCUT2D eigenvalue weighted by Crippen LogP contribution is -2.12. The van der Waals surface area contributed by atoms with E-state index in [-0.39, 0.29) is 11.3 Å². The van der Waals surface area contributed by atoms with E-state index in [1.54, 1.807) is 6.07 Å². The summed E-state index contributed by atoms with van der Waals surface area (Å²) in [6.07, 6.45) is 3.90. The molecule has 0 unspecified atom stereocenters. The second-order valence-electron chi connectivity index (χ2n) is 2.65. The van der Waals surface area contributed by atoms with Gasteiger partial charge in [-0.1, -0.05) is 0 Å². The van der Waals surface area contributed by atoms with Crippen LogP contribution in [0.4, 0.5) is 0 Å². The summed E-state index contributed by atoms with van der Waals surface area (Å²) < 4.78 is 9.51. The van der Waals surface area contributed by atoms with E-state index in [9.17, 15) is 9.59 Å². The SMILES string of the molecule is O=C(C(=O)c1ccco1)c1ccoc1. The van der Waals surface area contributed by atoms with Crippen LogP contribution in [0.5, 0.6) is 0 Å². The van der Waals surface area contributed by atoms with E-state index >= 15 is 0 Å². The van der Waals surface area contributed by atoms with Crippen molar-refractivity contribution in [3.05, 3.63) is 48.3 Å². The third-order valence-electron chi connectivity index (χ3n) is 1.73. The van der Waals surface area contributed by atoms with Gasteiger partial charge in [0.1, 0.15) is 6.26 Å². The summed E-state index contributed by atoms with van der Waals surface area (Å²) in [5.74, 6) is -1.26. The van der Waals surface area contributed by atoms with Gasteiger partial charge in [0, 0.05) is 0 Å². The van der Waals surface area contributed by atoms with Crippen molar-refractivity contribution in [2.45, 2.75) is 0 Å². The van der Waals surface area contributed by atoms with Crippen molar-refractivity contribution in [3.8, 4) is 0 Å². The Balaban J connectivity index is 2.26. The van der Waals surface area contributed by atoms with Gasteiger partial charge in [-0.15, -0.1) is 0 Å². The van der Waals surface area contributed by atoms with Gasteiger partial charge in [0.2, 0.25) is 5.78 Å². The lowest BCUT2D eigenvalue weighted by molar-refractivity contribution is 0.0800. The fraction of sp³-hybridized carbons (Fsp3) is 0. The van der Waals surface area contributed by atoms with Crippen molar-refractivity contribution in [2.24, 2.45) is 0 Å². The Morgan fingerprint density at radius 3 is 2.50 bits per heavy atom. The van der Waals surface area contributed by atoms with Gasteiger partial charge in [0.15, 0.2) is 5.76 Å². The number of ketones is 2. The van der Waals surface area contributed by atoms with Crippen LogP contribution in [0, 0.1) is 0 Å². The van der Waals surface area contributed by atoms with Crippen LogP contribution in [0.2, 0.25) is 0 Å². The molecule has 14 heavy (non-hydrogen) atoms. The van der Waals surface area contributed by atoms with E-state index in [4.69, 9.17) is 8.83 Å². The molecule has 0 aliphatic rings. The third kappa shape index (κ3) is 1.37. The number of Topliss-reactive ketones (excluding diaryl/α,β-unsaturated/α-hetero) is 2. The fourth-order valence-electron chi connectivity index (χ4n) is 1.04. The van der Waals surface area contributed by atoms with E-state index in [2.05, 4.69) is 0 Å². The van der Waals surface area contributed by atoms with Crippen molar-refractivity contribution >= 4 is 11.6 Å². The minimum Gasteiger partial charge on any atom is -0.472 e. The molecule has 0 saturated heterocycles. The van der Waals surface area contributed by atoms with Crippen LogP contribution in [0.3, 0.4) is 0 Å². The number of hydrogen-bond acceptors (Lipinski definition) is 4. The maximum atomic E-state index is 11.4. The summed E-state index contributed by atoms with van der Waals surface area (Å²) in [6.45, 7) is 0. The molecule has 0 fully saturated rings. The van der Waals surface area contributed by atoms with Gasteiger partial charge in [-0.05, 0) is 18.2 Å². The summed E-state index contributed by atoms with van der Waals surface area (Å²) in [4.78, 5) is 22.9. The predicted octanol–water partition coefficient (Wildman–Crippen LogP) is 1.94. The molecule has 0 spiro atoms. The molecule has 70 valence electrons. The first-order chi connectivity index (χ1) is 6.79. The number of hydrogen-bond donors (Lipinski definition) is 0. The first kappa shape index (κ1) is 8.50. The monoisotopic (exact) mass is 190 g/mol. The first-order valence-electron chi connectivity index (χ1n) is 3.94. The van der Waals surface area contributed by atoms with Crippen molar-refractivity contribution in [2.75, 3.05) is 0 Å². The molecule has 0 aliphatic carbocycles. The lowest BCUT2D eigenvalue weighted by atomic mass is 10.1. The van der Waals surface area contributed by atoms with Crippen molar-refractivity contribution < 1.29 is 18.4 Å². The van der Waals surface area contributed by atoms with Crippen LogP contribution >= 0.6 is 0 Å². The second-order valence-corrected chi connectivity index (χ2v) is 2.65. The van der Waals surface area contributed by atoms with Crippen LogP contribution < -0.4 is 0 Å². The standard InChI is InChI=1S/C10H6O4/c11-9(7-3-5-13-6-7)10(12)8-2-1-4-14-8/h1-6H. The highest BCUT2D eigenvalue weighted by molar-refractivity contribution is 6.48. The summed E-state index contributed by atoms with van der Waals surface area (Å²) in [5, 5.41) is 0. The van der Waals surface area contributed by atoms with Crippen LogP contribution in [-0.2, 0) is 0 Å². The lowest BCUT2D eigenvalue weighted by Gasteiger charge is -1.91. The van der Waals surface area contributed by atoms with Crippen molar-refractivity contribution in [1.82, 2.24) is 0 Å². The van der Waals surface area contributed by atoms with Crippen LogP contribution in [-0.4, -0.2) is 11.6 Å². The first-order valence-corrected chi connectivity index (χ1v) is 3.94. The minimum absolute atomic E-state index is 0.0381. The molecule has 2 aromatic heterocycles. The largest absolute Gasteiger partial charge is 0.472 e. The van der Waals surface area contributed by atoms with Crippen molar-refractivity contribution in [3.63, 3.8) is 0 Å². The van der Waals surface area contributed by atoms with Gasteiger partial charge in [-0.3, -0.25) is 9.59 Å². The van der Waals surface area contributed by atoms with Crippen LogP contribution in [0.1, 0.15) is 20.9 Å². The van der Waals surface area contributed by atoms with E-state index in [1.165, 1.54) is 30.9 Å². The molecule has 4 heteroatoms. The highest BCUT2D eigenvalue weighted by atomic mass is 16.3. The Morgan fingerprint density at radius 1 is 1.07 bits per heavy atom. The molecule has 0 saturated carbocycles. The second kappa shape index (κ2) is 3.33. The molecule has 0 aromatic carbocycles. The van der Waals surface area contributed by atoms with Crippen LogP contribution in [0.25, 0.3) is 0 Å². The minimum atomic E-state index is -0.670.